The maximum atomic E-state index is 13.4. The molecule has 1 saturated carbocycles. The van der Waals surface area contributed by atoms with Gasteiger partial charge in [-0.1, -0.05) is 0 Å². The van der Waals surface area contributed by atoms with Crippen molar-refractivity contribution in [3.8, 4) is 5.75 Å². The molecule has 1 aliphatic carbocycles. The maximum Gasteiger partial charge on any atom is 0.416 e. The Kier molecular flexibility index (Phi) is 3.47. The Hall–Kier alpha value is -1.30. The lowest BCUT2D eigenvalue weighted by Crippen LogP contribution is -2.37. The number of rotatable bonds is 3. The van der Waals surface area contributed by atoms with Crippen molar-refractivity contribution in [1.82, 2.24) is 0 Å². The summed E-state index contributed by atoms with van der Waals surface area (Å²) >= 11 is 0. The predicted molar refractivity (Wildman–Crippen MR) is 57.6 cm³/mol. The molecule has 100 valence electrons. The minimum atomic E-state index is -4.54. The van der Waals surface area contributed by atoms with E-state index < -0.39 is 17.6 Å². The third-order valence-corrected chi connectivity index (χ3v) is 3.08. The zero-order valence-electron chi connectivity index (χ0n) is 9.51. The highest BCUT2D eigenvalue weighted by molar-refractivity contribution is 5.31. The van der Waals surface area contributed by atoms with Crippen molar-refractivity contribution in [3.63, 3.8) is 0 Å². The van der Waals surface area contributed by atoms with Gasteiger partial charge in [0.05, 0.1) is 11.7 Å². The fourth-order valence-electron chi connectivity index (χ4n) is 1.92. The fraction of sp³-hybridized carbons (Fsp3) is 0.500. The average Bonchev–Trinajstić information content (AvgIpc) is 2.23. The van der Waals surface area contributed by atoms with Crippen molar-refractivity contribution in [2.75, 3.05) is 6.54 Å². The van der Waals surface area contributed by atoms with Gasteiger partial charge in [-0.05, 0) is 43.5 Å². The van der Waals surface area contributed by atoms with Crippen molar-refractivity contribution in [2.45, 2.75) is 25.1 Å². The van der Waals surface area contributed by atoms with Gasteiger partial charge in [0.15, 0.2) is 11.6 Å². The topological polar surface area (TPSA) is 35.2 Å². The van der Waals surface area contributed by atoms with Gasteiger partial charge in [0.2, 0.25) is 0 Å². The highest BCUT2D eigenvalue weighted by atomic mass is 19.4. The van der Waals surface area contributed by atoms with Crippen LogP contribution in [0, 0.1) is 11.7 Å². The van der Waals surface area contributed by atoms with E-state index in [1.807, 2.05) is 0 Å². The molecule has 0 radical (unpaired) electrons. The number of hydrogen-bond acceptors (Lipinski definition) is 2. The smallest absolute Gasteiger partial charge is 0.416 e. The van der Waals surface area contributed by atoms with Gasteiger partial charge in [-0.15, -0.1) is 0 Å². The Balaban J connectivity index is 2.02. The Morgan fingerprint density at radius 2 is 1.94 bits per heavy atom. The first kappa shape index (κ1) is 13.1. The molecule has 0 bridgehead atoms. The minimum absolute atomic E-state index is 0.136. The van der Waals surface area contributed by atoms with Crippen molar-refractivity contribution in [2.24, 2.45) is 11.7 Å². The second kappa shape index (κ2) is 4.76. The lowest BCUT2D eigenvalue weighted by atomic mass is 9.82. The molecule has 0 heterocycles. The Morgan fingerprint density at radius 1 is 1.28 bits per heavy atom. The third kappa shape index (κ3) is 2.75. The highest BCUT2D eigenvalue weighted by Crippen LogP contribution is 2.34. The molecule has 0 spiro atoms. The molecule has 0 aliphatic heterocycles. The molecule has 2 nitrogen and oxygen atoms in total. The largest absolute Gasteiger partial charge is 0.487 e. The normalized spacial score (nSPS) is 23.6. The quantitative estimate of drug-likeness (QED) is 0.851. The van der Waals surface area contributed by atoms with E-state index in [0.717, 1.165) is 25.0 Å². The second-order valence-electron chi connectivity index (χ2n) is 4.46. The standard InChI is InChI=1S/C12H13F4NO/c13-10-5-8(12(14,15)16)1-2-11(10)18-9-3-7(4-9)6-17/h1-2,5,7,9H,3-4,6,17H2. The minimum Gasteiger partial charge on any atom is -0.487 e. The van der Waals surface area contributed by atoms with Gasteiger partial charge in [-0.2, -0.15) is 13.2 Å². The van der Waals surface area contributed by atoms with Gasteiger partial charge in [-0.3, -0.25) is 0 Å². The summed E-state index contributed by atoms with van der Waals surface area (Å²) in [6, 6.07) is 2.29. The van der Waals surface area contributed by atoms with Crippen molar-refractivity contribution >= 4 is 0 Å². The number of benzene rings is 1. The first-order valence-electron chi connectivity index (χ1n) is 5.63. The van der Waals surface area contributed by atoms with Crippen LogP contribution in [0.2, 0.25) is 0 Å². The van der Waals surface area contributed by atoms with E-state index in [0.29, 0.717) is 18.5 Å². The summed E-state index contributed by atoms with van der Waals surface area (Å²) in [5, 5.41) is 0. The van der Waals surface area contributed by atoms with Crippen LogP contribution in [0.25, 0.3) is 0 Å². The SMILES string of the molecule is NCC1CC(Oc2ccc(C(F)(F)F)cc2F)C1. The molecule has 0 saturated heterocycles. The number of halogens is 4. The van der Waals surface area contributed by atoms with Gasteiger partial charge in [0, 0.05) is 0 Å². The zero-order valence-corrected chi connectivity index (χ0v) is 9.51. The molecule has 2 N–H and O–H groups in total. The molecule has 2 rings (SSSR count). The van der Waals surface area contributed by atoms with E-state index in [1.165, 1.54) is 0 Å². The van der Waals surface area contributed by atoms with Crippen LogP contribution in [0.1, 0.15) is 18.4 Å². The van der Waals surface area contributed by atoms with E-state index in [4.69, 9.17) is 10.5 Å². The van der Waals surface area contributed by atoms with E-state index >= 15 is 0 Å². The highest BCUT2D eigenvalue weighted by Gasteiger charge is 2.33. The summed E-state index contributed by atoms with van der Waals surface area (Å²) in [4.78, 5) is 0. The zero-order chi connectivity index (χ0) is 13.3. The molecule has 0 atom stereocenters. The monoisotopic (exact) mass is 263 g/mol. The van der Waals surface area contributed by atoms with Gasteiger partial charge < -0.3 is 10.5 Å². The predicted octanol–water partition coefficient (Wildman–Crippen LogP) is 2.96. The van der Waals surface area contributed by atoms with Gasteiger partial charge in [0.25, 0.3) is 0 Å². The van der Waals surface area contributed by atoms with E-state index in [9.17, 15) is 17.6 Å². The number of nitrogens with two attached hydrogens (primary N) is 1. The molecular weight excluding hydrogens is 250 g/mol. The molecule has 0 amide bonds. The van der Waals surface area contributed by atoms with Gasteiger partial charge >= 0.3 is 6.18 Å². The van der Waals surface area contributed by atoms with E-state index in [1.54, 1.807) is 0 Å². The van der Waals surface area contributed by atoms with Crippen LogP contribution >= 0.6 is 0 Å². The molecule has 0 unspecified atom stereocenters. The summed E-state index contributed by atoms with van der Waals surface area (Å²) in [6.07, 6.45) is -3.25. The Morgan fingerprint density at radius 3 is 2.44 bits per heavy atom. The van der Waals surface area contributed by atoms with E-state index in [2.05, 4.69) is 0 Å². The van der Waals surface area contributed by atoms with Gasteiger partial charge in [0.1, 0.15) is 0 Å². The molecule has 0 aromatic heterocycles. The fourth-order valence-corrected chi connectivity index (χ4v) is 1.92. The molecule has 18 heavy (non-hydrogen) atoms. The lowest BCUT2D eigenvalue weighted by Gasteiger charge is -2.34. The number of ether oxygens (including phenoxy) is 1. The van der Waals surface area contributed by atoms with Crippen LogP contribution in [-0.4, -0.2) is 12.6 Å². The van der Waals surface area contributed by atoms with Crippen LogP contribution in [0.15, 0.2) is 18.2 Å². The third-order valence-electron chi connectivity index (χ3n) is 3.08. The van der Waals surface area contributed by atoms with Crippen LogP contribution in [-0.2, 0) is 6.18 Å². The summed E-state index contributed by atoms with van der Waals surface area (Å²) in [6.45, 7) is 0.551. The maximum absolute atomic E-state index is 13.4. The molecule has 6 heteroatoms. The summed E-state index contributed by atoms with van der Waals surface area (Å²) in [7, 11) is 0. The summed E-state index contributed by atoms with van der Waals surface area (Å²) < 4.78 is 55.7. The van der Waals surface area contributed by atoms with Gasteiger partial charge in [-0.25, -0.2) is 4.39 Å². The Bertz CT molecular complexity index is 427. The first-order chi connectivity index (χ1) is 8.40. The molecule has 1 fully saturated rings. The van der Waals surface area contributed by atoms with Crippen molar-refractivity contribution in [3.05, 3.63) is 29.6 Å². The second-order valence-corrected chi connectivity index (χ2v) is 4.46. The van der Waals surface area contributed by atoms with Crippen LogP contribution in [0.3, 0.4) is 0 Å². The van der Waals surface area contributed by atoms with Crippen LogP contribution in [0.5, 0.6) is 5.75 Å². The van der Waals surface area contributed by atoms with Crippen molar-refractivity contribution < 1.29 is 22.3 Å². The molecule has 1 aromatic carbocycles. The number of hydrogen-bond donors (Lipinski definition) is 1. The van der Waals surface area contributed by atoms with Crippen LogP contribution < -0.4 is 10.5 Å². The Labute approximate surface area is 102 Å². The van der Waals surface area contributed by atoms with E-state index in [-0.39, 0.29) is 11.9 Å². The molecular formula is C12H13F4NO. The van der Waals surface area contributed by atoms with Crippen molar-refractivity contribution in [1.29, 1.82) is 0 Å². The lowest BCUT2D eigenvalue weighted by molar-refractivity contribution is -0.137. The molecule has 1 aliphatic rings. The molecule has 1 aromatic rings. The number of alkyl halides is 3. The summed E-state index contributed by atoms with van der Waals surface area (Å²) in [5.74, 6) is -0.753. The summed E-state index contributed by atoms with van der Waals surface area (Å²) in [5.41, 5.74) is 4.42. The van der Waals surface area contributed by atoms with Crippen LogP contribution in [0.4, 0.5) is 17.6 Å². The average molecular weight is 263 g/mol. The first-order valence-corrected chi connectivity index (χ1v) is 5.63.